The highest BCUT2D eigenvalue weighted by atomic mass is 32.1. The van der Waals surface area contributed by atoms with E-state index < -0.39 is 0 Å². The van der Waals surface area contributed by atoms with E-state index in [1.54, 1.807) is 13.4 Å². The summed E-state index contributed by atoms with van der Waals surface area (Å²) >= 11 is 4.99. The molecule has 6 heteroatoms. The minimum Gasteiger partial charge on any atom is -0.382 e. The number of hydrogen-bond donors (Lipinski definition) is 1. The minimum atomic E-state index is 0.644. The van der Waals surface area contributed by atoms with Crippen molar-refractivity contribution < 1.29 is 9.47 Å². The highest BCUT2D eigenvalue weighted by Gasteiger charge is 1.93. The van der Waals surface area contributed by atoms with Crippen LogP contribution < -0.4 is 0 Å². The highest BCUT2D eigenvalue weighted by Crippen LogP contribution is 1.92. The molecule has 0 bridgehead atoms. The zero-order valence-corrected chi connectivity index (χ0v) is 9.05. The molecule has 0 radical (unpaired) electrons. The van der Waals surface area contributed by atoms with Crippen LogP contribution in [0.25, 0.3) is 0 Å². The van der Waals surface area contributed by atoms with Gasteiger partial charge in [0.05, 0.1) is 13.2 Å². The fourth-order valence-corrected chi connectivity index (χ4v) is 1.20. The first-order valence-electron chi connectivity index (χ1n) is 4.51. The maximum absolute atomic E-state index is 5.31. The van der Waals surface area contributed by atoms with Gasteiger partial charge < -0.3 is 14.0 Å². The molecule has 0 aliphatic carbocycles. The van der Waals surface area contributed by atoms with Gasteiger partial charge in [-0.1, -0.05) is 0 Å². The number of aromatic nitrogens is 3. The molecule has 0 spiro atoms. The molecule has 0 fully saturated rings. The number of nitrogens with zero attached hydrogens (tertiary/aromatic N) is 2. The van der Waals surface area contributed by atoms with Gasteiger partial charge in [-0.2, -0.15) is 5.10 Å². The van der Waals surface area contributed by atoms with Crippen LogP contribution in [0.2, 0.25) is 0 Å². The molecule has 0 unspecified atom stereocenters. The summed E-state index contributed by atoms with van der Waals surface area (Å²) in [6.07, 6.45) is 2.62. The van der Waals surface area contributed by atoms with E-state index in [9.17, 15) is 0 Å². The number of aryl methyl sites for hydroxylation is 1. The Bertz CT molecular complexity index is 297. The molecule has 0 amide bonds. The van der Waals surface area contributed by atoms with E-state index in [2.05, 4.69) is 10.2 Å². The van der Waals surface area contributed by atoms with Gasteiger partial charge in [-0.3, -0.25) is 5.10 Å². The lowest BCUT2D eigenvalue weighted by Gasteiger charge is -2.03. The van der Waals surface area contributed by atoms with Crippen LogP contribution in [0.4, 0.5) is 0 Å². The molecule has 1 aromatic heterocycles. The van der Waals surface area contributed by atoms with Gasteiger partial charge in [0.25, 0.3) is 0 Å². The van der Waals surface area contributed by atoms with Crippen LogP contribution >= 0.6 is 12.2 Å². The van der Waals surface area contributed by atoms with Gasteiger partial charge in [0.2, 0.25) is 0 Å². The van der Waals surface area contributed by atoms with Crippen LogP contribution in [0, 0.1) is 4.77 Å². The number of ether oxygens (including phenoxy) is 2. The third-order valence-electron chi connectivity index (χ3n) is 1.74. The first kappa shape index (κ1) is 11.4. The summed E-state index contributed by atoms with van der Waals surface area (Å²) in [6.45, 7) is 2.84. The quantitative estimate of drug-likeness (QED) is 0.546. The largest absolute Gasteiger partial charge is 0.382 e. The van der Waals surface area contributed by atoms with Crippen molar-refractivity contribution in [2.24, 2.45) is 0 Å². The second-order valence-corrected chi connectivity index (χ2v) is 3.20. The third-order valence-corrected chi connectivity index (χ3v) is 2.06. The van der Waals surface area contributed by atoms with Crippen LogP contribution in [0.5, 0.6) is 0 Å². The van der Waals surface area contributed by atoms with E-state index in [1.807, 2.05) is 4.57 Å². The molecule has 0 aliphatic rings. The number of methoxy groups -OCH3 is 1. The number of rotatable bonds is 7. The van der Waals surface area contributed by atoms with Crippen LogP contribution in [0.3, 0.4) is 0 Å². The average molecular weight is 217 g/mol. The molecule has 80 valence electrons. The van der Waals surface area contributed by atoms with E-state index in [0.717, 1.165) is 19.6 Å². The Morgan fingerprint density at radius 2 is 2.36 bits per heavy atom. The Hall–Kier alpha value is -0.720. The molecule has 0 saturated carbocycles. The van der Waals surface area contributed by atoms with Crippen LogP contribution in [0.15, 0.2) is 6.33 Å². The lowest BCUT2D eigenvalue weighted by Crippen LogP contribution is -2.06. The van der Waals surface area contributed by atoms with Crippen LogP contribution in [-0.4, -0.2) is 41.7 Å². The van der Waals surface area contributed by atoms with Crippen molar-refractivity contribution in [1.29, 1.82) is 0 Å². The van der Waals surface area contributed by atoms with Gasteiger partial charge in [0, 0.05) is 20.3 Å². The normalized spacial score (nSPS) is 10.6. The van der Waals surface area contributed by atoms with Gasteiger partial charge in [-0.15, -0.1) is 0 Å². The minimum absolute atomic E-state index is 0.644. The maximum Gasteiger partial charge on any atom is 0.194 e. The Morgan fingerprint density at radius 3 is 3.00 bits per heavy atom. The fraction of sp³-hybridized carbons (Fsp3) is 0.750. The zero-order valence-electron chi connectivity index (χ0n) is 8.23. The molecular formula is C8H15N3O2S. The van der Waals surface area contributed by atoms with Gasteiger partial charge >= 0.3 is 0 Å². The lowest BCUT2D eigenvalue weighted by atomic mass is 10.4. The van der Waals surface area contributed by atoms with E-state index in [0.29, 0.717) is 18.0 Å². The molecule has 1 aromatic rings. The molecule has 0 atom stereocenters. The topological polar surface area (TPSA) is 52.1 Å². The Balaban J connectivity index is 2.05. The Kier molecular flexibility index (Phi) is 5.43. The zero-order chi connectivity index (χ0) is 10.2. The van der Waals surface area contributed by atoms with E-state index in [4.69, 9.17) is 21.7 Å². The second-order valence-electron chi connectivity index (χ2n) is 2.81. The SMILES string of the molecule is COCCOCCCn1cn[nH]c1=S. The van der Waals surface area contributed by atoms with Crippen LogP contribution in [-0.2, 0) is 16.0 Å². The van der Waals surface area contributed by atoms with Crippen molar-refractivity contribution in [2.45, 2.75) is 13.0 Å². The molecule has 1 rings (SSSR count). The van der Waals surface area contributed by atoms with Gasteiger partial charge in [0.1, 0.15) is 6.33 Å². The van der Waals surface area contributed by atoms with E-state index in [1.165, 1.54) is 0 Å². The average Bonchev–Trinajstić information content (AvgIpc) is 2.58. The summed E-state index contributed by atoms with van der Waals surface area (Å²) in [5.41, 5.74) is 0. The molecule has 0 saturated heterocycles. The number of nitrogens with one attached hydrogen (secondary N) is 1. The summed E-state index contributed by atoms with van der Waals surface area (Å²) in [6, 6.07) is 0. The summed E-state index contributed by atoms with van der Waals surface area (Å²) in [5.74, 6) is 0. The molecule has 5 nitrogen and oxygen atoms in total. The molecule has 0 aromatic carbocycles. The smallest absolute Gasteiger partial charge is 0.194 e. The van der Waals surface area contributed by atoms with Crippen molar-refractivity contribution in [3.05, 3.63) is 11.1 Å². The predicted molar refractivity (Wildman–Crippen MR) is 54.7 cm³/mol. The van der Waals surface area contributed by atoms with Crippen molar-refractivity contribution in [3.8, 4) is 0 Å². The first-order chi connectivity index (χ1) is 6.84. The van der Waals surface area contributed by atoms with Crippen LogP contribution in [0.1, 0.15) is 6.42 Å². The molecule has 1 N–H and O–H groups in total. The number of aromatic amines is 1. The third kappa shape index (κ3) is 3.99. The van der Waals surface area contributed by atoms with Crippen molar-refractivity contribution in [1.82, 2.24) is 14.8 Å². The van der Waals surface area contributed by atoms with E-state index >= 15 is 0 Å². The summed E-state index contributed by atoms with van der Waals surface area (Å²) in [4.78, 5) is 0. The Labute approximate surface area is 88.0 Å². The Morgan fingerprint density at radius 1 is 1.50 bits per heavy atom. The summed E-state index contributed by atoms with van der Waals surface area (Å²) in [7, 11) is 1.66. The molecule has 1 heterocycles. The molecule has 14 heavy (non-hydrogen) atoms. The van der Waals surface area contributed by atoms with Crippen molar-refractivity contribution in [2.75, 3.05) is 26.9 Å². The number of H-pyrrole nitrogens is 1. The fourth-order valence-electron chi connectivity index (χ4n) is 1.01. The van der Waals surface area contributed by atoms with Crippen molar-refractivity contribution in [3.63, 3.8) is 0 Å². The van der Waals surface area contributed by atoms with Gasteiger partial charge in [0.15, 0.2) is 4.77 Å². The van der Waals surface area contributed by atoms with Gasteiger partial charge in [-0.25, -0.2) is 0 Å². The summed E-state index contributed by atoms with van der Waals surface area (Å²) < 4.78 is 12.7. The lowest BCUT2D eigenvalue weighted by molar-refractivity contribution is 0.0680. The van der Waals surface area contributed by atoms with Gasteiger partial charge in [-0.05, 0) is 18.6 Å². The highest BCUT2D eigenvalue weighted by molar-refractivity contribution is 7.71. The van der Waals surface area contributed by atoms with Crippen molar-refractivity contribution >= 4 is 12.2 Å². The van der Waals surface area contributed by atoms with E-state index in [-0.39, 0.29) is 0 Å². The number of hydrogen-bond acceptors (Lipinski definition) is 4. The molecular weight excluding hydrogens is 202 g/mol. The molecule has 0 aliphatic heterocycles. The maximum atomic E-state index is 5.31. The standard InChI is InChI=1S/C8H15N3O2S/c1-12-5-6-13-4-2-3-11-7-9-10-8(11)14/h7H,2-6H2,1H3,(H,10,14). The second kappa shape index (κ2) is 6.69. The first-order valence-corrected chi connectivity index (χ1v) is 4.92. The predicted octanol–water partition coefficient (Wildman–Crippen LogP) is 0.994. The monoisotopic (exact) mass is 217 g/mol. The summed E-state index contributed by atoms with van der Waals surface area (Å²) in [5, 5.41) is 6.52.